The lowest BCUT2D eigenvalue weighted by Crippen LogP contribution is -2.31. The van der Waals surface area contributed by atoms with E-state index in [1.165, 1.54) is 0 Å². The molecule has 8 heteroatoms. The summed E-state index contributed by atoms with van der Waals surface area (Å²) < 4.78 is 6.79. The van der Waals surface area contributed by atoms with E-state index in [0.29, 0.717) is 30.1 Å². The van der Waals surface area contributed by atoms with Gasteiger partial charge in [-0.1, -0.05) is 0 Å². The number of imidazole rings is 1. The maximum atomic E-state index is 12.8. The molecule has 0 saturated carbocycles. The molecule has 0 aliphatic carbocycles. The van der Waals surface area contributed by atoms with Crippen molar-refractivity contribution in [3.8, 4) is 0 Å². The Balaban J connectivity index is 1.81. The Hall–Kier alpha value is -3.16. The van der Waals surface area contributed by atoms with Crippen LogP contribution in [0.25, 0.3) is 0 Å². The number of esters is 1. The second-order valence-corrected chi connectivity index (χ2v) is 7.22. The Bertz CT molecular complexity index is 916. The van der Waals surface area contributed by atoms with Gasteiger partial charge in [-0.05, 0) is 64.3 Å². The molecule has 2 N–H and O–H groups in total. The van der Waals surface area contributed by atoms with E-state index >= 15 is 0 Å². The van der Waals surface area contributed by atoms with Gasteiger partial charge in [0.1, 0.15) is 5.69 Å². The van der Waals surface area contributed by atoms with E-state index in [4.69, 9.17) is 4.74 Å². The number of amides is 2. The second kappa shape index (κ2) is 8.89. The molecule has 154 valence electrons. The zero-order valence-corrected chi connectivity index (χ0v) is 16.9. The number of nitrogens with zero attached hydrogens (tertiary/aromatic N) is 2. The first-order valence-corrected chi connectivity index (χ1v) is 9.89. The summed E-state index contributed by atoms with van der Waals surface area (Å²) in [5.41, 5.74) is 2.07. The molecule has 29 heavy (non-hydrogen) atoms. The summed E-state index contributed by atoms with van der Waals surface area (Å²) in [6.07, 6.45) is 2.61. The average Bonchev–Trinajstić information content (AvgIpc) is 3.08. The van der Waals surface area contributed by atoms with Crippen molar-refractivity contribution in [2.24, 2.45) is 0 Å². The molecule has 8 nitrogen and oxygen atoms in total. The zero-order chi connectivity index (χ0) is 21.0. The first kappa shape index (κ1) is 20.6. The molecule has 0 bridgehead atoms. The van der Waals surface area contributed by atoms with Crippen molar-refractivity contribution < 1.29 is 19.1 Å². The van der Waals surface area contributed by atoms with Crippen LogP contribution in [0.15, 0.2) is 24.3 Å². The first-order chi connectivity index (χ1) is 13.9. The van der Waals surface area contributed by atoms with Crippen molar-refractivity contribution in [2.45, 2.75) is 52.6 Å². The Morgan fingerprint density at radius 1 is 1.14 bits per heavy atom. The number of hydrogen-bond donors (Lipinski definition) is 2. The molecule has 0 unspecified atom stereocenters. The van der Waals surface area contributed by atoms with Crippen molar-refractivity contribution >= 4 is 23.5 Å². The molecule has 1 aromatic heterocycles. The summed E-state index contributed by atoms with van der Waals surface area (Å²) in [5.74, 6) is -0.833. The van der Waals surface area contributed by atoms with Crippen LogP contribution in [0.2, 0.25) is 0 Å². The molecule has 0 fully saturated rings. The van der Waals surface area contributed by atoms with Crippen LogP contribution in [0.4, 0.5) is 5.69 Å². The highest BCUT2D eigenvalue weighted by atomic mass is 16.5. The fourth-order valence-electron chi connectivity index (χ4n) is 3.32. The third-order valence-electron chi connectivity index (χ3n) is 4.61. The van der Waals surface area contributed by atoms with Gasteiger partial charge in [0.15, 0.2) is 5.82 Å². The Morgan fingerprint density at radius 2 is 1.86 bits per heavy atom. The topological polar surface area (TPSA) is 102 Å². The van der Waals surface area contributed by atoms with Crippen LogP contribution in [0, 0.1) is 0 Å². The number of carbonyl (C=O) groups is 3. The number of carbonyl (C=O) groups excluding carboxylic acids is 3. The van der Waals surface area contributed by atoms with E-state index in [0.717, 1.165) is 25.0 Å². The van der Waals surface area contributed by atoms with E-state index in [-0.39, 0.29) is 23.7 Å². The molecular weight excluding hydrogens is 372 g/mol. The molecule has 0 atom stereocenters. The Morgan fingerprint density at radius 3 is 2.52 bits per heavy atom. The highest BCUT2D eigenvalue weighted by molar-refractivity contribution is 6.04. The quantitative estimate of drug-likeness (QED) is 0.729. The monoisotopic (exact) mass is 398 g/mol. The lowest BCUT2D eigenvalue weighted by atomic mass is 10.1. The Kier molecular flexibility index (Phi) is 6.31. The first-order valence-electron chi connectivity index (χ1n) is 9.89. The third kappa shape index (κ3) is 4.64. The van der Waals surface area contributed by atoms with E-state index < -0.39 is 5.97 Å². The Labute approximate surface area is 169 Å². The summed E-state index contributed by atoms with van der Waals surface area (Å²) in [5, 5.41) is 5.64. The van der Waals surface area contributed by atoms with Crippen LogP contribution in [0.3, 0.4) is 0 Å². The lowest BCUT2D eigenvalue weighted by Gasteiger charge is -2.17. The van der Waals surface area contributed by atoms with Crippen molar-refractivity contribution in [1.29, 1.82) is 0 Å². The fourth-order valence-corrected chi connectivity index (χ4v) is 3.32. The normalized spacial score (nSPS) is 13.0. The van der Waals surface area contributed by atoms with Gasteiger partial charge in [-0.2, -0.15) is 0 Å². The zero-order valence-electron chi connectivity index (χ0n) is 16.9. The van der Waals surface area contributed by atoms with Gasteiger partial charge in [-0.25, -0.2) is 9.78 Å². The van der Waals surface area contributed by atoms with Gasteiger partial charge < -0.3 is 19.9 Å². The van der Waals surface area contributed by atoms with Gasteiger partial charge >= 0.3 is 5.97 Å². The molecule has 2 aromatic rings. The number of aromatic nitrogens is 2. The van der Waals surface area contributed by atoms with Gasteiger partial charge in [0.05, 0.1) is 17.9 Å². The van der Waals surface area contributed by atoms with E-state index in [9.17, 15) is 14.4 Å². The van der Waals surface area contributed by atoms with Crippen LogP contribution >= 0.6 is 0 Å². The van der Waals surface area contributed by atoms with Gasteiger partial charge in [-0.15, -0.1) is 0 Å². The van der Waals surface area contributed by atoms with E-state index in [2.05, 4.69) is 15.6 Å². The summed E-state index contributed by atoms with van der Waals surface area (Å²) in [6.45, 7) is 6.46. The summed E-state index contributed by atoms with van der Waals surface area (Å²) in [7, 11) is 0. The van der Waals surface area contributed by atoms with E-state index in [1.807, 2.05) is 18.4 Å². The predicted octanol–water partition coefficient (Wildman–Crippen LogP) is 2.79. The van der Waals surface area contributed by atoms with Crippen molar-refractivity contribution in [3.05, 3.63) is 47.0 Å². The molecule has 0 spiro atoms. The SMILES string of the molecule is CCOC(=O)c1ccc(NC(=O)c2nc(C(=O)NC(C)C)c3n2CCCC3)cc1. The minimum Gasteiger partial charge on any atom is -0.462 e. The van der Waals surface area contributed by atoms with Gasteiger partial charge in [0, 0.05) is 18.3 Å². The number of rotatable bonds is 6. The molecule has 1 aromatic carbocycles. The number of nitrogens with one attached hydrogen (secondary N) is 2. The maximum Gasteiger partial charge on any atom is 0.338 e. The lowest BCUT2D eigenvalue weighted by molar-refractivity contribution is 0.0526. The molecule has 0 radical (unpaired) electrons. The molecule has 3 rings (SSSR count). The third-order valence-corrected chi connectivity index (χ3v) is 4.61. The molecule has 2 amide bonds. The van der Waals surface area contributed by atoms with Crippen LogP contribution in [0.5, 0.6) is 0 Å². The minimum absolute atomic E-state index is 0.0152. The standard InChI is InChI=1S/C21H26N4O4/c1-4-29-21(28)14-8-10-15(11-9-14)23-20(27)18-24-17(19(26)22-13(2)3)16-7-5-6-12-25(16)18/h8-11,13H,4-7,12H2,1-3H3,(H,22,26)(H,23,27). The number of hydrogen-bond acceptors (Lipinski definition) is 5. The molecule has 2 heterocycles. The minimum atomic E-state index is -0.409. The van der Waals surface area contributed by atoms with Gasteiger partial charge in [-0.3, -0.25) is 9.59 Å². The summed E-state index contributed by atoms with van der Waals surface area (Å²) in [4.78, 5) is 41.5. The second-order valence-electron chi connectivity index (χ2n) is 7.22. The largest absolute Gasteiger partial charge is 0.462 e. The van der Waals surface area contributed by atoms with Crippen LogP contribution < -0.4 is 10.6 Å². The van der Waals surface area contributed by atoms with Gasteiger partial charge in [0.25, 0.3) is 11.8 Å². The summed E-state index contributed by atoms with van der Waals surface area (Å²) in [6, 6.07) is 6.44. The highest BCUT2D eigenvalue weighted by Crippen LogP contribution is 2.22. The maximum absolute atomic E-state index is 12.8. The average molecular weight is 398 g/mol. The van der Waals surface area contributed by atoms with Crippen LogP contribution in [-0.4, -0.2) is 40.0 Å². The van der Waals surface area contributed by atoms with Gasteiger partial charge in [0.2, 0.25) is 0 Å². The molecule has 0 saturated heterocycles. The van der Waals surface area contributed by atoms with Crippen LogP contribution in [0.1, 0.15) is 70.8 Å². The number of anilines is 1. The molecular formula is C21H26N4O4. The summed E-state index contributed by atoms with van der Waals surface area (Å²) >= 11 is 0. The smallest absolute Gasteiger partial charge is 0.338 e. The van der Waals surface area contributed by atoms with E-state index in [1.54, 1.807) is 31.2 Å². The van der Waals surface area contributed by atoms with Crippen molar-refractivity contribution in [2.75, 3.05) is 11.9 Å². The number of benzene rings is 1. The van der Waals surface area contributed by atoms with Crippen molar-refractivity contribution in [1.82, 2.24) is 14.9 Å². The van der Waals surface area contributed by atoms with Crippen molar-refractivity contribution in [3.63, 3.8) is 0 Å². The molecule has 1 aliphatic heterocycles. The number of ether oxygens (including phenoxy) is 1. The highest BCUT2D eigenvalue weighted by Gasteiger charge is 2.27. The fraction of sp³-hybridized carbons (Fsp3) is 0.429. The number of fused-ring (bicyclic) bond motifs is 1. The molecule has 1 aliphatic rings. The predicted molar refractivity (Wildman–Crippen MR) is 108 cm³/mol. The van der Waals surface area contributed by atoms with Crippen LogP contribution in [-0.2, 0) is 17.7 Å².